The van der Waals surface area contributed by atoms with Gasteiger partial charge in [-0.15, -0.1) is 0 Å². The number of hydrogen-bond acceptors (Lipinski definition) is 3. The molecular weight excluding hydrogens is 316 g/mol. The minimum atomic E-state index is -0.947. The number of carbonyl (C=O) groups is 1. The third-order valence-electron chi connectivity index (χ3n) is 3.84. The van der Waals surface area contributed by atoms with Crippen molar-refractivity contribution in [3.63, 3.8) is 0 Å². The first-order chi connectivity index (χ1) is 11.4. The lowest BCUT2D eigenvalue weighted by molar-refractivity contribution is -0.134. The molecule has 1 amide bonds. The van der Waals surface area contributed by atoms with Crippen molar-refractivity contribution in [2.24, 2.45) is 0 Å². The molecule has 2 rings (SSSR count). The number of halogens is 2. The van der Waals surface area contributed by atoms with Gasteiger partial charge < -0.3 is 14.7 Å². The van der Waals surface area contributed by atoms with Crippen LogP contribution in [0.3, 0.4) is 0 Å². The van der Waals surface area contributed by atoms with Gasteiger partial charge in [-0.2, -0.15) is 0 Å². The van der Waals surface area contributed by atoms with Crippen LogP contribution in [0.5, 0.6) is 5.75 Å². The van der Waals surface area contributed by atoms with Crippen molar-refractivity contribution in [3.05, 3.63) is 65.2 Å². The Bertz CT molecular complexity index is 721. The lowest BCUT2D eigenvalue weighted by Crippen LogP contribution is -2.33. The molecule has 0 unspecified atom stereocenters. The summed E-state index contributed by atoms with van der Waals surface area (Å²) in [5.74, 6) is -1.70. The third-order valence-corrected chi connectivity index (χ3v) is 3.84. The van der Waals surface area contributed by atoms with Crippen LogP contribution >= 0.6 is 0 Å². The molecule has 0 bridgehead atoms. The van der Waals surface area contributed by atoms with Crippen LogP contribution in [0, 0.1) is 11.6 Å². The summed E-state index contributed by atoms with van der Waals surface area (Å²) in [5, 5.41) is 9.08. The molecule has 0 aromatic heterocycles. The fourth-order valence-corrected chi connectivity index (χ4v) is 2.19. The predicted octanol–water partition coefficient (Wildman–Crippen LogP) is 3.06. The summed E-state index contributed by atoms with van der Waals surface area (Å²) >= 11 is 0. The summed E-state index contributed by atoms with van der Waals surface area (Å²) in [6.07, 6.45) is 0. The number of carbonyl (C=O) groups excluding carboxylic acids is 1. The maximum atomic E-state index is 13.3. The Labute approximate surface area is 139 Å². The highest BCUT2D eigenvalue weighted by molar-refractivity contribution is 5.78. The van der Waals surface area contributed by atoms with Crippen LogP contribution < -0.4 is 4.74 Å². The van der Waals surface area contributed by atoms with Gasteiger partial charge in [-0.05, 0) is 42.3 Å². The van der Waals surface area contributed by atoms with Crippen LogP contribution in [0.4, 0.5) is 8.78 Å². The average molecular weight is 335 g/mol. The second-order valence-corrected chi connectivity index (χ2v) is 5.45. The molecule has 24 heavy (non-hydrogen) atoms. The molecule has 1 atom stereocenters. The van der Waals surface area contributed by atoms with Gasteiger partial charge in [0, 0.05) is 7.05 Å². The van der Waals surface area contributed by atoms with E-state index in [4.69, 9.17) is 9.84 Å². The van der Waals surface area contributed by atoms with Crippen molar-refractivity contribution in [1.29, 1.82) is 0 Å². The molecule has 4 nitrogen and oxygen atoms in total. The molecule has 1 N–H and O–H groups in total. The smallest absolute Gasteiger partial charge is 0.260 e. The zero-order chi connectivity index (χ0) is 17.7. The quantitative estimate of drug-likeness (QED) is 0.883. The summed E-state index contributed by atoms with van der Waals surface area (Å²) in [7, 11) is 1.57. The molecule has 2 aromatic carbocycles. The number of nitrogens with zero attached hydrogens (tertiary/aromatic N) is 1. The summed E-state index contributed by atoms with van der Waals surface area (Å²) in [5.41, 5.74) is 1.18. The number of aliphatic hydroxyl groups is 1. The van der Waals surface area contributed by atoms with Gasteiger partial charge >= 0.3 is 0 Å². The van der Waals surface area contributed by atoms with E-state index in [1.54, 1.807) is 38.2 Å². The molecule has 0 spiro atoms. The number of likely N-dealkylation sites (N-methyl/N-ethyl adjacent to an activating group) is 1. The molecule has 0 heterocycles. The van der Waals surface area contributed by atoms with Gasteiger partial charge in [0.15, 0.2) is 18.2 Å². The Morgan fingerprint density at radius 2 is 1.96 bits per heavy atom. The van der Waals surface area contributed by atoms with E-state index < -0.39 is 17.7 Å². The van der Waals surface area contributed by atoms with Gasteiger partial charge in [0.25, 0.3) is 5.91 Å². The SMILES string of the molecule is C[C@@H](c1ccc(F)c(F)c1)N(C)C(=O)COc1cccc(CO)c1. The van der Waals surface area contributed by atoms with Gasteiger partial charge in [0.05, 0.1) is 12.6 Å². The Kier molecular flexibility index (Phi) is 5.87. The van der Waals surface area contributed by atoms with E-state index in [9.17, 15) is 13.6 Å². The average Bonchev–Trinajstić information content (AvgIpc) is 2.60. The van der Waals surface area contributed by atoms with E-state index >= 15 is 0 Å². The lowest BCUT2D eigenvalue weighted by Gasteiger charge is -2.25. The Morgan fingerprint density at radius 3 is 2.62 bits per heavy atom. The summed E-state index contributed by atoms with van der Waals surface area (Å²) in [6.45, 7) is 1.41. The number of hydrogen-bond donors (Lipinski definition) is 1. The van der Waals surface area contributed by atoms with Gasteiger partial charge in [-0.1, -0.05) is 18.2 Å². The molecule has 0 aliphatic heterocycles. The van der Waals surface area contributed by atoms with E-state index in [0.29, 0.717) is 16.9 Å². The Morgan fingerprint density at radius 1 is 1.21 bits per heavy atom. The van der Waals surface area contributed by atoms with E-state index in [0.717, 1.165) is 12.1 Å². The second-order valence-electron chi connectivity index (χ2n) is 5.45. The van der Waals surface area contributed by atoms with Crippen LogP contribution in [0.1, 0.15) is 24.1 Å². The van der Waals surface area contributed by atoms with E-state index in [-0.39, 0.29) is 19.1 Å². The second kappa shape index (κ2) is 7.88. The van der Waals surface area contributed by atoms with Crippen LogP contribution in [-0.4, -0.2) is 29.6 Å². The number of benzene rings is 2. The Balaban J connectivity index is 1.99. The number of ether oxygens (including phenoxy) is 1. The molecule has 0 saturated carbocycles. The zero-order valence-electron chi connectivity index (χ0n) is 13.5. The third kappa shape index (κ3) is 4.29. The summed E-state index contributed by atoms with van der Waals surface area (Å²) in [6, 6.07) is 9.92. The first-order valence-corrected chi connectivity index (χ1v) is 7.45. The molecule has 2 aromatic rings. The van der Waals surface area contributed by atoms with E-state index in [1.807, 2.05) is 0 Å². The molecular formula is C18H19F2NO3. The normalized spacial score (nSPS) is 11.9. The summed E-state index contributed by atoms with van der Waals surface area (Å²) in [4.78, 5) is 13.6. The topological polar surface area (TPSA) is 49.8 Å². The highest BCUT2D eigenvalue weighted by Gasteiger charge is 2.19. The van der Waals surface area contributed by atoms with Crippen molar-refractivity contribution < 1.29 is 23.4 Å². The standard InChI is InChI=1S/C18H19F2NO3/c1-12(14-6-7-16(19)17(20)9-14)21(2)18(23)11-24-15-5-3-4-13(8-15)10-22/h3-9,12,22H,10-11H2,1-2H3/t12-/m0/s1. The fourth-order valence-electron chi connectivity index (χ4n) is 2.19. The van der Waals surface area contributed by atoms with E-state index in [2.05, 4.69) is 0 Å². The molecule has 0 aliphatic carbocycles. The lowest BCUT2D eigenvalue weighted by atomic mass is 10.1. The molecule has 0 fully saturated rings. The van der Waals surface area contributed by atoms with Crippen molar-refractivity contribution >= 4 is 5.91 Å². The van der Waals surface area contributed by atoms with Crippen LogP contribution in [0.15, 0.2) is 42.5 Å². The van der Waals surface area contributed by atoms with Crippen molar-refractivity contribution in [2.75, 3.05) is 13.7 Å². The van der Waals surface area contributed by atoms with Crippen molar-refractivity contribution in [3.8, 4) is 5.75 Å². The van der Waals surface area contributed by atoms with Crippen molar-refractivity contribution in [1.82, 2.24) is 4.90 Å². The zero-order valence-corrected chi connectivity index (χ0v) is 13.5. The molecule has 6 heteroatoms. The van der Waals surface area contributed by atoms with Crippen LogP contribution in [0.25, 0.3) is 0 Å². The predicted molar refractivity (Wildman–Crippen MR) is 85.4 cm³/mol. The largest absolute Gasteiger partial charge is 0.484 e. The van der Waals surface area contributed by atoms with Gasteiger partial charge in [-0.25, -0.2) is 8.78 Å². The van der Waals surface area contributed by atoms with Crippen LogP contribution in [0.2, 0.25) is 0 Å². The Hall–Kier alpha value is -2.47. The minimum absolute atomic E-state index is 0.113. The minimum Gasteiger partial charge on any atom is -0.484 e. The number of rotatable bonds is 6. The molecule has 128 valence electrons. The fraction of sp³-hybridized carbons (Fsp3) is 0.278. The first kappa shape index (κ1) is 17.9. The maximum Gasteiger partial charge on any atom is 0.260 e. The van der Waals surface area contributed by atoms with Gasteiger partial charge in [0.1, 0.15) is 5.75 Å². The van der Waals surface area contributed by atoms with Crippen molar-refractivity contribution in [2.45, 2.75) is 19.6 Å². The van der Waals surface area contributed by atoms with Gasteiger partial charge in [-0.3, -0.25) is 4.79 Å². The highest BCUT2D eigenvalue weighted by Crippen LogP contribution is 2.21. The van der Waals surface area contributed by atoms with Crippen LogP contribution in [-0.2, 0) is 11.4 Å². The molecule has 0 radical (unpaired) electrons. The van der Waals surface area contributed by atoms with Gasteiger partial charge in [0.2, 0.25) is 0 Å². The first-order valence-electron chi connectivity index (χ1n) is 7.45. The molecule has 0 saturated heterocycles. The van der Waals surface area contributed by atoms with E-state index in [1.165, 1.54) is 11.0 Å². The highest BCUT2D eigenvalue weighted by atomic mass is 19.2. The number of amides is 1. The number of aliphatic hydroxyl groups excluding tert-OH is 1. The summed E-state index contributed by atoms with van der Waals surface area (Å²) < 4.78 is 31.7. The monoisotopic (exact) mass is 335 g/mol. The molecule has 0 aliphatic rings. The maximum absolute atomic E-state index is 13.3.